The molecule has 6 heteroatoms. The highest BCUT2D eigenvalue weighted by Crippen LogP contribution is 2.54. The van der Waals surface area contributed by atoms with Crippen LogP contribution in [0, 0.1) is 17.2 Å². The van der Waals surface area contributed by atoms with Gasteiger partial charge in [-0.05, 0) is 67.0 Å². The highest BCUT2D eigenvalue weighted by atomic mass is 35.5. The molecule has 0 bridgehead atoms. The fourth-order valence-electron chi connectivity index (χ4n) is 5.55. The van der Waals surface area contributed by atoms with Gasteiger partial charge in [0.05, 0.1) is 16.5 Å². The number of allylic oxidation sites excluding steroid dienone is 1. The molecule has 0 aromatic heterocycles. The number of likely N-dealkylation sites (tertiary alicyclic amines) is 1. The summed E-state index contributed by atoms with van der Waals surface area (Å²) in [6.45, 7) is 12.7. The van der Waals surface area contributed by atoms with Gasteiger partial charge in [0.2, 0.25) is 5.91 Å². The first kappa shape index (κ1) is 27.5. The Morgan fingerprint density at radius 3 is 2.50 bits per heavy atom. The van der Waals surface area contributed by atoms with Crippen LogP contribution in [0.15, 0.2) is 55.1 Å². The molecule has 1 saturated heterocycles. The van der Waals surface area contributed by atoms with E-state index in [0.29, 0.717) is 23.8 Å². The number of carbonyl (C=O) groups is 1. The third-order valence-electron chi connectivity index (χ3n) is 7.47. The van der Waals surface area contributed by atoms with Crippen molar-refractivity contribution >= 4 is 40.9 Å². The Labute approximate surface area is 229 Å². The number of amides is 1. The molecule has 1 aliphatic heterocycles. The summed E-state index contributed by atoms with van der Waals surface area (Å²) in [5, 5.41) is 0.745. The highest BCUT2D eigenvalue weighted by molar-refractivity contribution is 8.00. The molecule has 2 fully saturated rings. The lowest BCUT2D eigenvalue weighted by Crippen LogP contribution is -2.57. The summed E-state index contributed by atoms with van der Waals surface area (Å²) in [6, 6.07) is 12.6. The summed E-state index contributed by atoms with van der Waals surface area (Å²) in [4.78, 5) is 16.6. The fraction of sp³-hybridized carbons (Fsp3) is 0.500. The van der Waals surface area contributed by atoms with Gasteiger partial charge in [0.25, 0.3) is 0 Å². The summed E-state index contributed by atoms with van der Waals surface area (Å²) >= 11 is 14.4. The summed E-state index contributed by atoms with van der Waals surface area (Å²) in [5.74, 6) is 0.923. The van der Waals surface area contributed by atoms with Crippen molar-refractivity contribution in [1.29, 1.82) is 0 Å². The molecule has 1 aliphatic carbocycles. The zero-order valence-electron chi connectivity index (χ0n) is 21.6. The maximum Gasteiger partial charge on any atom is 0.229 e. The van der Waals surface area contributed by atoms with E-state index in [1.807, 2.05) is 42.1 Å². The molecule has 1 saturated carbocycles. The number of hydrogen-bond donors (Lipinski definition) is 0. The SMILES string of the molecule is C=CCC1(C)CC(c2cccc(Cl)c2)C(c2ccc(Cl)c(F)c2)N(C(CSC(C)(C)C)C2CC2)C1=O. The largest absolute Gasteiger partial charge is 0.330 e. The van der Waals surface area contributed by atoms with Crippen molar-refractivity contribution in [3.05, 3.63) is 82.1 Å². The molecule has 2 aliphatic rings. The third-order valence-corrected chi connectivity index (χ3v) is 9.39. The van der Waals surface area contributed by atoms with Crippen molar-refractivity contribution in [2.45, 2.75) is 76.1 Å². The van der Waals surface area contributed by atoms with Gasteiger partial charge in [-0.2, -0.15) is 11.8 Å². The topological polar surface area (TPSA) is 20.3 Å². The zero-order valence-corrected chi connectivity index (χ0v) is 23.9. The van der Waals surface area contributed by atoms with E-state index < -0.39 is 11.2 Å². The predicted octanol–water partition coefficient (Wildman–Crippen LogP) is 9.08. The lowest BCUT2D eigenvalue weighted by molar-refractivity contribution is -0.154. The van der Waals surface area contributed by atoms with Crippen LogP contribution in [0.2, 0.25) is 10.0 Å². The van der Waals surface area contributed by atoms with E-state index in [1.54, 1.807) is 6.07 Å². The van der Waals surface area contributed by atoms with Crippen molar-refractivity contribution in [1.82, 2.24) is 4.90 Å². The second kappa shape index (κ2) is 10.7. The quantitative estimate of drug-likeness (QED) is 0.307. The monoisotopic (exact) mass is 547 g/mol. The van der Waals surface area contributed by atoms with E-state index in [-0.39, 0.29) is 33.7 Å². The van der Waals surface area contributed by atoms with Crippen molar-refractivity contribution in [3.63, 3.8) is 0 Å². The third kappa shape index (κ3) is 5.97. The van der Waals surface area contributed by atoms with Gasteiger partial charge in [-0.15, -0.1) is 6.58 Å². The Kier molecular flexibility index (Phi) is 8.19. The van der Waals surface area contributed by atoms with Crippen LogP contribution in [0.25, 0.3) is 0 Å². The van der Waals surface area contributed by atoms with Crippen LogP contribution in [-0.2, 0) is 4.79 Å². The number of nitrogens with zero attached hydrogens (tertiary/aromatic N) is 1. The van der Waals surface area contributed by atoms with Crippen LogP contribution in [0.1, 0.15) is 76.5 Å². The van der Waals surface area contributed by atoms with E-state index in [9.17, 15) is 9.18 Å². The number of thioether (sulfide) groups is 1. The molecule has 0 N–H and O–H groups in total. The van der Waals surface area contributed by atoms with E-state index in [2.05, 4.69) is 45.2 Å². The van der Waals surface area contributed by atoms with E-state index >= 15 is 0 Å². The molecular formula is C30H36Cl2FNOS. The lowest BCUT2D eigenvalue weighted by atomic mass is 9.67. The maximum atomic E-state index is 14.8. The Morgan fingerprint density at radius 1 is 1.19 bits per heavy atom. The molecule has 0 spiro atoms. The van der Waals surface area contributed by atoms with E-state index in [1.165, 1.54) is 6.07 Å². The number of rotatable bonds is 8. The first-order valence-electron chi connectivity index (χ1n) is 12.7. The number of hydrogen-bond acceptors (Lipinski definition) is 2. The Hall–Kier alpha value is -1.49. The number of halogens is 3. The van der Waals surface area contributed by atoms with Gasteiger partial charge in [-0.1, -0.05) is 75.2 Å². The van der Waals surface area contributed by atoms with Crippen LogP contribution < -0.4 is 0 Å². The van der Waals surface area contributed by atoms with Crippen LogP contribution in [0.3, 0.4) is 0 Å². The number of benzene rings is 2. The van der Waals surface area contributed by atoms with Gasteiger partial charge in [-0.3, -0.25) is 4.79 Å². The minimum Gasteiger partial charge on any atom is -0.330 e. The van der Waals surface area contributed by atoms with Crippen LogP contribution in [0.4, 0.5) is 4.39 Å². The summed E-state index contributed by atoms with van der Waals surface area (Å²) < 4.78 is 14.9. The molecule has 194 valence electrons. The molecule has 2 aromatic rings. The first-order chi connectivity index (χ1) is 16.9. The average molecular weight is 549 g/mol. The van der Waals surface area contributed by atoms with E-state index in [0.717, 1.165) is 29.7 Å². The highest BCUT2D eigenvalue weighted by Gasteiger charge is 2.53. The van der Waals surface area contributed by atoms with E-state index in [4.69, 9.17) is 23.2 Å². The number of piperidine rings is 1. The molecular weight excluding hydrogens is 512 g/mol. The van der Waals surface area contributed by atoms with Gasteiger partial charge in [0.1, 0.15) is 5.82 Å². The van der Waals surface area contributed by atoms with Gasteiger partial charge in [-0.25, -0.2) is 4.39 Å². The lowest BCUT2D eigenvalue weighted by Gasteiger charge is -2.52. The molecule has 0 radical (unpaired) electrons. The van der Waals surface area contributed by atoms with Crippen LogP contribution in [-0.4, -0.2) is 27.3 Å². The Bertz CT molecular complexity index is 1130. The molecule has 1 amide bonds. The van der Waals surface area contributed by atoms with Gasteiger partial charge in [0, 0.05) is 27.5 Å². The van der Waals surface area contributed by atoms with Crippen molar-refractivity contribution < 1.29 is 9.18 Å². The smallest absolute Gasteiger partial charge is 0.229 e. The van der Waals surface area contributed by atoms with Crippen LogP contribution in [0.5, 0.6) is 0 Å². The maximum absolute atomic E-state index is 14.8. The summed E-state index contributed by atoms with van der Waals surface area (Å²) in [5.41, 5.74) is 1.24. The predicted molar refractivity (Wildman–Crippen MR) is 151 cm³/mol. The molecule has 4 unspecified atom stereocenters. The zero-order chi connectivity index (χ0) is 26.3. The van der Waals surface area contributed by atoms with Gasteiger partial charge >= 0.3 is 0 Å². The number of carbonyl (C=O) groups excluding carboxylic acids is 1. The minimum atomic E-state index is -0.601. The molecule has 2 nitrogen and oxygen atoms in total. The molecule has 36 heavy (non-hydrogen) atoms. The second-order valence-electron chi connectivity index (χ2n) is 11.6. The minimum absolute atomic E-state index is 0.0483. The first-order valence-corrected chi connectivity index (χ1v) is 14.5. The molecule has 4 atom stereocenters. The van der Waals surface area contributed by atoms with Gasteiger partial charge < -0.3 is 4.90 Å². The standard InChI is InChI=1S/C30H36Cl2FNOS/c1-6-14-30(5)17-23(20-8-7-9-22(31)15-20)27(21-12-13-24(32)25(33)16-21)34(28(30)35)26(19-10-11-19)18-36-29(2,3)4/h6-9,12-13,15-16,19,23,26-27H,1,10-11,14,17-18H2,2-5H3. The van der Waals surface area contributed by atoms with Gasteiger partial charge in [0.15, 0.2) is 0 Å². The summed E-state index contributed by atoms with van der Waals surface area (Å²) in [7, 11) is 0. The second-order valence-corrected chi connectivity index (χ2v) is 14.3. The molecule has 4 rings (SSSR count). The normalized spacial score (nSPS) is 25.6. The Morgan fingerprint density at radius 2 is 1.92 bits per heavy atom. The van der Waals surface area contributed by atoms with Crippen molar-refractivity contribution in [2.75, 3.05) is 5.75 Å². The van der Waals surface area contributed by atoms with Crippen molar-refractivity contribution in [2.24, 2.45) is 11.3 Å². The average Bonchev–Trinajstić information content (AvgIpc) is 3.63. The van der Waals surface area contributed by atoms with Crippen molar-refractivity contribution in [3.8, 4) is 0 Å². The fourth-order valence-corrected chi connectivity index (χ4v) is 6.97. The summed E-state index contributed by atoms with van der Waals surface area (Å²) in [6.07, 6.45) is 5.30. The molecule has 1 heterocycles. The van der Waals surface area contributed by atoms with Crippen LogP contribution >= 0.6 is 35.0 Å². The Balaban J connectivity index is 1.90. The molecule has 2 aromatic carbocycles.